The van der Waals surface area contributed by atoms with Crippen molar-refractivity contribution in [3.05, 3.63) is 11.6 Å². The smallest absolute Gasteiger partial charge is 0.150 e. The molecule has 0 spiro atoms. The summed E-state index contributed by atoms with van der Waals surface area (Å²) in [4.78, 5) is 0. The van der Waals surface area contributed by atoms with Crippen LogP contribution in [0.15, 0.2) is 0 Å². The summed E-state index contributed by atoms with van der Waals surface area (Å²) < 4.78 is 7.47. The fourth-order valence-electron chi connectivity index (χ4n) is 2.59. The van der Waals surface area contributed by atoms with E-state index in [1.54, 1.807) is 7.11 Å². The fourth-order valence-corrected chi connectivity index (χ4v) is 2.59. The third-order valence-corrected chi connectivity index (χ3v) is 3.48. The highest BCUT2D eigenvalue weighted by molar-refractivity contribution is 5.06. The van der Waals surface area contributed by atoms with Crippen LogP contribution in [0.1, 0.15) is 38.5 Å². The van der Waals surface area contributed by atoms with Gasteiger partial charge in [0.1, 0.15) is 5.82 Å². The molecule has 1 aliphatic heterocycles. The van der Waals surface area contributed by atoms with Crippen LogP contribution in [0.4, 0.5) is 0 Å². The molecule has 18 heavy (non-hydrogen) atoms. The van der Waals surface area contributed by atoms with E-state index in [9.17, 15) is 0 Å². The predicted octanol–water partition coefficient (Wildman–Crippen LogP) is 1.40. The third kappa shape index (κ3) is 2.72. The molecule has 2 atom stereocenters. The van der Waals surface area contributed by atoms with Crippen LogP contribution >= 0.6 is 0 Å². The molecule has 0 radical (unpaired) electrons. The molecular weight excluding hydrogens is 228 g/mol. The molecule has 1 aromatic heterocycles. The van der Waals surface area contributed by atoms with Gasteiger partial charge < -0.3 is 14.6 Å². The predicted molar refractivity (Wildman–Crippen MR) is 70.3 cm³/mol. The maximum Gasteiger partial charge on any atom is 0.150 e. The largest absolute Gasteiger partial charge is 0.384 e. The first-order chi connectivity index (χ1) is 8.63. The second-order valence-electron chi connectivity index (χ2n) is 5.57. The SMILES string of the molecule is COCC(C)Cc1nnc2n1CCNC2C(C)C. The Morgan fingerprint density at radius 3 is 2.83 bits per heavy atom. The lowest BCUT2D eigenvalue weighted by Crippen LogP contribution is -2.37. The van der Waals surface area contributed by atoms with Gasteiger partial charge in [0.05, 0.1) is 6.04 Å². The Kier molecular flexibility index (Phi) is 4.35. The minimum atomic E-state index is 0.331. The van der Waals surface area contributed by atoms with Gasteiger partial charge in [-0.3, -0.25) is 0 Å². The molecule has 5 nitrogen and oxygen atoms in total. The van der Waals surface area contributed by atoms with Crippen LogP contribution in [-0.4, -0.2) is 35.0 Å². The Hall–Kier alpha value is -0.940. The van der Waals surface area contributed by atoms with Crippen LogP contribution in [0.5, 0.6) is 0 Å². The van der Waals surface area contributed by atoms with Crippen molar-refractivity contribution in [2.75, 3.05) is 20.3 Å². The van der Waals surface area contributed by atoms with E-state index in [0.717, 1.165) is 37.8 Å². The highest BCUT2D eigenvalue weighted by atomic mass is 16.5. The fraction of sp³-hybridized carbons (Fsp3) is 0.846. The standard InChI is InChI=1S/C13H24N4O/c1-9(2)12-13-16-15-11(7-10(3)8-18-4)17(13)6-5-14-12/h9-10,12,14H,5-8H2,1-4H3. The summed E-state index contributed by atoms with van der Waals surface area (Å²) in [6.07, 6.45) is 0.936. The molecule has 1 aliphatic rings. The summed E-state index contributed by atoms with van der Waals surface area (Å²) in [6.45, 7) is 9.37. The summed E-state index contributed by atoms with van der Waals surface area (Å²) in [5.41, 5.74) is 0. The van der Waals surface area contributed by atoms with E-state index in [4.69, 9.17) is 4.74 Å². The van der Waals surface area contributed by atoms with E-state index in [1.807, 2.05) is 0 Å². The zero-order chi connectivity index (χ0) is 13.1. The molecule has 0 saturated heterocycles. The van der Waals surface area contributed by atoms with Gasteiger partial charge in [-0.2, -0.15) is 0 Å². The van der Waals surface area contributed by atoms with Gasteiger partial charge >= 0.3 is 0 Å². The van der Waals surface area contributed by atoms with Crippen molar-refractivity contribution in [2.24, 2.45) is 11.8 Å². The van der Waals surface area contributed by atoms with Gasteiger partial charge in [0, 0.05) is 33.2 Å². The number of hydrogen-bond acceptors (Lipinski definition) is 4. The average molecular weight is 252 g/mol. The van der Waals surface area contributed by atoms with E-state index in [2.05, 4.69) is 40.9 Å². The van der Waals surface area contributed by atoms with Gasteiger partial charge in [-0.05, 0) is 11.8 Å². The first kappa shape index (κ1) is 13.5. The zero-order valence-electron chi connectivity index (χ0n) is 11.8. The maximum absolute atomic E-state index is 5.19. The highest BCUT2D eigenvalue weighted by Gasteiger charge is 2.27. The summed E-state index contributed by atoms with van der Waals surface area (Å²) in [5.74, 6) is 3.21. The monoisotopic (exact) mass is 252 g/mol. The Morgan fingerprint density at radius 2 is 2.17 bits per heavy atom. The van der Waals surface area contributed by atoms with E-state index in [-0.39, 0.29) is 0 Å². The van der Waals surface area contributed by atoms with E-state index < -0.39 is 0 Å². The number of fused-ring (bicyclic) bond motifs is 1. The van der Waals surface area contributed by atoms with Crippen LogP contribution < -0.4 is 5.32 Å². The van der Waals surface area contributed by atoms with Gasteiger partial charge in [0.2, 0.25) is 0 Å². The molecule has 0 bridgehead atoms. The van der Waals surface area contributed by atoms with Crippen molar-refractivity contribution in [2.45, 2.75) is 39.8 Å². The van der Waals surface area contributed by atoms with Crippen molar-refractivity contribution in [1.82, 2.24) is 20.1 Å². The second kappa shape index (κ2) is 5.80. The molecule has 2 unspecified atom stereocenters. The highest BCUT2D eigenvalue weighted by Crippen LogP contribution is 2.24. The van der Waals surface area contributed by atoms with E-state index >= 15 is 0 Å². The molecule has 2 rings (SSSR count). The number of rotatable bonds is 5. The Labute approximate surface area is 109 Å². The number of methoxy groups -OCH3 is 1. The lowest BCUT2D eigenvalue weighted by atomic mass is 10.0. The maximum atomic E-state index is 5.19. The molecule has 0 fully saturated rings. The molecule has 1 aromatic rings. The van der Waals surface area contributed by atoms with Gasteiger partial charge in [-0.1, -0.05) is 20.8 Å². The normalized spacial score (nSPS) is 21.1. The molecular formula is C13H24N4O. The van der Waals surface area contributed by atoms with Crippen molar-refractivity contribution >= 4 is 0 Å². The van der Waals surface area contributed by atoms with Gasteiger partial charge in [0.25, 0.3) is 0 Å². The van der Waals surface area contributed by atoms with Crippen LogP contribution in [-0.2, 0) is 17.7 Å². The quantitative estimate of drug-likeness (QED) is 0.860. The van der Waals surface area contributed by atoms with Crippen LogP contribution in [0.25, 0.3) is 0 Å². The number of hydrogen-bond donors (Lipinski definition) is 1. The Bertz CT molecular complexity index is 388. The molecule has 2 heterocycles. The summed E-state index contributed by atoms with van der Waals surface area (Å²) in [6, 6.07) is 0.331. The van der Waals surface area contributed by atoms with Gasteiger partial charge in [-0.15, -0.1) is 10.2 Å². The van der Waals surface area contributed by atoms with E-state index in [0.29, 0.717) is 17.9 Å². The van der Waals surface area contributed by atoms with Crippen LogP contribution in [0.2, 0.25) is 0 Å². The molecule has 0 amide bonds. The molecule has 0 saturated carbocycles. The molecule has 0 aromatic carbocycles. The van der Waals surface area contributed by atoms with Crippen molar-refractivity contribution in [3.63, 3.8) is 0 Å². The number of nitrogens with one attached hydrogen (secondary N) is 1. The molecule has 5 heteroatoms. The zero-order valence-corrected chi connectivity index (χ0v) is 11.8. The molecule has 102 valence electrons. The lowest BCUT2D eigenvalue weighted by molar-refractivity contribution is 0.158. The summed E-state index contributed by atoms with van der Waals surface area (Å²) in [7, 11) is 1.74. The second-order valence-corrected chi connectivity index (χ2v) is 5.57. The van der Waals surface area contributed by atoms with Gasteiger partial charge in [0.15, 0.2) is 5.82 Å². The first-order valence-corrected chi connectivity index (χ1v) is 6.77. The van der Waals surface area contributed by atoms with Crippen molar-refractivity contribution in [1.29, 1.82) is 0 Å². The van der Waals surface area contributed by atoms with Crippen molar-refractivity contribution < 1.29 is 4.74 Å². The third-order valence-electron chi connectivity index (χ3n) is 3.48. The van der Waals surface area contributed by atoms with Crippen molar-refractivity contribution in [3.8, 4) is 0 Å². The summed E-state index contributed by atoms with van der Waals surface area (Å²) >= 11 is 0. The number of aromatic nitrogens is 3. The molecule has 0 aliphatic carbocycles. The Balaban J connectivity index is 2.15. The average Bonchev–Trinajstić information content (AvgIpc) is 2.72. The lowest BCUT2D eigenvalue weighted by Gasteiger charge is -2.28. The first-order valence-electron chi connectivity index (χ1n) is 6.77. The summed E-state index contributed by atoms with van der Waals surface area (Å²) in [5, 5.41) is 12.3. The topological polar surface area (TPSA) is 52.0 Å². The van der Waals surface area contributed by atoms with Crippen LogP contribution in [0.3, 0.4) is 0 Å². The van der Waals surface area contributed by atoms with Gasteiger partial charge in [-0.25, -0.2) is 0 Å². The van der Waals surface area contributed by atoms with Crippen LogP contribution in [0, 0.1) is 11.8 Å². The number of nitrogens with zero attached hydrogens (tertiary/aromatic N) is 3. The minimum absolute atomic E-state index is 0.331. The van der Waals surface area contributed by atoms with E-state index in [1.165, 1.54) is 0 Å². The number of ether oxygens (including phenoxy) is 1. The Morgan fingerprint density at radius 1 is 1.39 bits per heavy atom. The minimum Gasteiger partial charge on any atom is -0.384 e. The molecule has 1 N–H and O–H groups in total.